The second-order valence-corrected chi connectivity index (χ2v) is 8.81. The molecule has 4 nitrogen and oxygen atoms in total. The Morgan fingerprint density at radius 2 is 1.71 bits per heavy atom. The van der Waals surface area contributed by atoms with Gasteiger partial charge in [0.2, 0.25) is 0 Å². The molecular weight excluding hydrogens is 452 g/mol. The van der Waals surface area contributed by atoms with E-state index in [-0.39, 0.29) is 0 Å². The zero-order valence-electron chi connectivity index (χ0n) is 19.1. The van der Waals surface area contributed by atoms with Crippen LogP contribution in [0.5, 0.6) is 11.5 Å². The molecule has 5 aromatic rings. The number of methoxy groups -OCH3 is 1. The molecule has 170 valence electrons. The molecule has 1 aromatic heterocycles. The molecule has 4 aromatic carbocycles. The van der Waals surface area contributed by atoms with Crippen LogP contribution in [0.1, 0.15) is 16.1 Å². The third-order valence-electron chi connectivity index (χ3n) is 5.64. The number of aromatic nitrogens is 1. The number of nitrogens with zero attached hydrogens (tertiary/aromatic N) is 2. The number of benzene rings is 4. The Labute approximate surface area is 208 Å². The predicted octanol–water partition coefficient (Wildman–Crippen LogP) is 7.62. The standard InChI is InChI=1S/C30H22N2O2S/c1-33-29-16-22(11-14-28(29)34-19-21-7-3-2-4-8-21)15-26(18-31)30-32-27(20-35-30)25-13-12-23-9-5-6-10-24(23)17-25/h2-17,20H,19H2,1H3/b26-15-. The van der Waals surface area contributed by atoms with Crippen LogP contribution in [0.25, 0.3) is 33.7 Å². The van der Waals surface area contributed by atoms with E-state index in [4.69, 9.17) is 14.5 Å². The van der Waals surface area contributed by atoms with Gasteiger partial charge in [-0.2, -0.15) is 5.26 Å². The summed E-state index contributed by atoms with van der Waals surface area (Å²) in [4.78, 5) is 4.75. The van der Waals surface area contributed by atoms with E-state index in [1.54, 1.807) is 7.11 Å². The third-order valence-corrected chi connectivity index (χ3v) is 6.51. The lowest BCUT2D eigenvalue weighted by Gasteiger charge is -2.11. The third kappa shape index (κ3) is 5.08. The number of thiazole rings is 1. The molecule has 0 saturated heterocycles. The average Bonchev–Trinajstić information content (AvgIpc) is 3.41. The SMILES string of the molecule is COc1cc(/C=C(/C#N)c2nc(-c3ccc4ccccc4c3)cs2)ccc1OCc1ccccc1. The van der Waals surface area contributed by atoms with Crippen molar-refractivity contribution < 1.29 is 9.47 Å². The van der Waals surface area contributed by atoms with Gasteiger partial charge in [-0.3, -0.25) is 0 Å². The molecule has 0 spiro atoms. The van der Waals surface area contributed by atoms with E-state index in [0.29, 0.717) is 28.7 Å². The summed E-state index contributed by atoms with van der Waals surface area (Å²) in [5.41, 5.74) is 4.32. The highest BCUT2D eigenvalue weighted by atomic mass is 32.1. The first-order valence-electron chi connectivity index (χ1n) is 11.1. The minimum absolute atomic E-state index is 0.451. The highest BCUT2D eigenvalue weighted by molar-refractivity contribution is 7.11. The van der Waals surface area contributed by atoms with Crippen molar-refractivity contribution in [3.63, 3.8) is 0 Å². The van der Waals surface area contributed by atoms with Gasteiger partial charge in [-0.05, 0) is 46.2 Å². The minimum atomic E-state index is 0.451. The molecule has 0 amide bonds. The van der Waals surface area contributed by atoms with E-state index >= 15 is 0 Å². The fraction of sp³-hybridized carbons (Fsp3) is 0.0667. The van der Waals surface area contributed by atoms with Crippen molar-refractivity contribution in [3.05, 3.63) is 113 Å². The molecule has 0 aliphatic heterocycles. The smallest absolute Gasteiger partial charge is 0.161 e. The molecule has 35 heavy (non-hydrogen) atoms. The van der Waals surface area contributed by atoms with Gasteiger partial charge in [-0.25, -0.2) is 4.98 Å². The van der Waals surface area contributed by atoms with Gasteiger partial charge in [0.1, 0.15) is 17.7 Å². The van der Waals surface area contributed by atoms with Crippen molar-refractivity contribution in [2.24, 2.45) is 0 Å². The second-order valence-electron chi connectivity index (χ2n) is 7.95. The van der Waals surface area contributed by atoms with Gasteiger partial charge in [0.05, 0.1) is 18.4 Å². The summed E-state index contributed by atoms with van der Waals surface area (Å²) < 4.78 is 11.5. The van der Waals surface area contributed by atoms with Crippen molar-refractivity contribution in [2.75, 3.05) is 7.11 Å². The lowest BCUT2D eigenvalue weighted by molar-refractivity contribution is 0.284. The van der Waals surface area contributed by atoms with E-state index in [0.717, 1.165) is 27.8 Å². The van der Waals surface area contributed by atoms with Crippen molar-refractivity contribution >= 4 is 33.8 Å². The maximum Gasteiger partial charge on any atom is 0.161 e. The quantitative estimate of drug-likeness (QED) is 0.228. The first-order valence-corrected chi connectivity index (χ1v) is 12.0. The van der Waals surface area contributed by atoms with Gasteiger partial charge in [-0.1, -0.05) is 72.8 Å². The monoisotopic (exact) mass is 474 g/mol. The Bertz CT molecular complexity index is 1550. The van der Waals surface area contributed by atoms with Gasteiger partial charge in [0.15, 0.2) is 11.5 Å². The highest BCUT2D eigenvalue weighted by Gasteiger charge is 2.11. The Hall–Kier alpha value is -4.40. The van der Waals surface area contributed by atoms with Crippen LogP contribution < -0.4 is 9.47 Å². The minimum Gasteiger partial charge on any atom is -0.493 e. The van der Waals surface area contributed by atoms with E-state index in [1.165, 1.54) is 16.7 Å². The lowest BCUT2D eigenvalue weighted by Crippen LogP contribution is -1.97. The van der Waals surface area contributed by atoms with E-state index < -0.39 is 0 Å². The normalized spacial score (nSPS) is 11.3. The zero-order valence-corrected chi connectivity index (χ0v) is 20.0. The summed E-state index contributed by atoms with van der Waals surface area (Å²) in [5.74, 6) is 1.27. The van der Waals surface area contributed by atoms with E-state index in [2.05, 4.69) is 36.4 Å². The van der Waals surface area contributed by atoms with Crippen LogP contribution in [0, 0.1) is 11.3 Å². The molecular formula is C30H22N2O2S. The first kappa shape index (κ1) is 22.4. The van der Waals surface area contributed by atoms with Gasteiger partial charge in [0, 0.05) is 10.9 Å². The van der Waals surface area contributed by atoms with Gasteiger partial charge < -0.3 is 9.47 Å². The summed E-state index contributed by atoms with van der Waals surface area (Å²) in [5, 5.41) is 14.9. The number of rotatable bonds is 7. The Morgan fingerprint density at radius 1 is 0.914 bits per heavy atom. The average molecular weight is 475 g/mol. The Morgan fingerprint density at radius 3 is 2.51 bits per heavy atom. The van der Waals surface area contributed by atoms with Crippen LogP contribution in [0.15, 0.2) is 96.4 Å². The number of ether oxygens (including phenoxy) is 2. The van der Waals surface area contributed by atoms with Crippen LogP contribution in [-0.2, 0) is 6.61 Å². The molecule has 0 unspecified atom stereocenters. The molecule has 0 bridgehead atoms. The largest absolute Gasteiger partial charge is 0.493 e. The predicted molar refractivity (Wildman–Crippen MR) is 142 cm³/mol. The second kappa shape index (κ2) is 10.3. The number of hydrogen-bond donors (Lipinski definition) is 0. The highest BCUT2D eigenvalue weighted by Crippen LogP contribution is 2.32. The molecule has 5 heteroatoms. The number of allylic oxidation sites excluding steroid dienone is 1. The summed E-state index contributed by atoms with van der Waals surface area (Å²) >= 11 is 1.46. The molecule has 0 N–H and O–H groups in total. The summed E-state index contributed by atoms with van der Waals surface area (Å²) in [6.07, 6.45) is 1.83. The molecule has 0 aliphatic carbocycles. The van der Waals surface area contributed by atoms with Crippen LogP contribution in [0.3, 0.4) is 0 Å². The van der Waals surface area contributed by atoms with Gasteiger partial charge >= 0.3 is 0 Å². The van der Waals surface area contributed by atoms with Crippen molar-refractivity contribution in [1.82, 2.24) is 4.98 Å². The van der Waals surface area contributed by atoms with Crippen LogP contribution >= 0.6 is 11.3 Å². The van der Waals surface area contributed by atoms with Gasteiger partial charge in [0.25, 0.3) is 0 Å². The summed E-state index contributed by atoms with van der Waals surface area (Å²) in [6, 6.07) is 32.5. The first-order chi connectivity index (χ1) is 17.2. The summed E-state index contributed by atoms with van der Waals surface area (Å²) in [6.45, 7) is 0.451. The zero-order chi connectivity index (χ0) is 24.0. The molecule has 0 radical (unpaired) electrons. The van der Waals surface area contributed by atoms with Crippen molar-refractivity contribution in [3.8, 4) is 28.8 Å². The van der Waals surface area contributed by atoms with E-state index in [9.17, 15) is 5.26 Å². The Kier molecular flexibility index (Phi) is 6.56. The van der Waals surface area contributed by atoms with Crippen LogP contribution in [0.4, 0.5) is 0 Å². The van der Waals surface area contributed by atoms with Crippen LogP contribution in [-0.4, -0.2) is 12.1 Å². The number of hydrogen-bond acceptors (Lipinski definition) is 5. The van der Waals surface area contributed by atoms with Crippen LogP contribution in [0.2, 0.25) is 0 Å². The van der Waals surface area contributed by atoms with Gasteiger partial charge in [-0.15, -0.1) is 11.3 Å². The molecule has 0 aliphatic rings. The molecule has 0 saturated carbocycles. The molecule has 0 fully saturated rings. The molecule has 5 rings (SSSR count). The fourth-order valence-corrected chi connectivity index (χ4v) is 4.61. The van der Waals surface area contributed by atoms with E-state index in [1.807, 2.05) is 72.1 Å². The lowest BCUT2D eigenvalue weighted by atomic mass is 10.1. The maximum absolute atomic E-state index is 9.85. The Balaban J connectivity index is 1.38. The number of nitriles is 1. The fourth-order valence-electron chi connectivity index (χ4n) is 3.82. The summed E-state index contributed by atoms with van der Waals surface area (Å²) in [7, 11) is 1.61. The van der Waals surface area contributed by atoms with Crippen molar-refractivity contribution in [2.45, 2.75) is 6.61 Å². The molecule has 0 atom stereocenters. The number of fused-ring (bicyclic) bond motifs is 1. The molecule has 1 heterocycles. The van der Waals surface area contributed by atoms with Crippen molar-refractivity contribution in [1.29, 1.82) is 5.26 Å². The maximum atomic E-state index is 9.85. The topological polar surface area (TPSA) is 55.1 Å².